The number of hydrogen-bond acceptors (Lipinski definition) is 3. The molecule has 0 radical (unpaired) electrons. The van der Waals surface area contributed by atoms with E-state index in [1.807, 2.05) is 6.07 Å². The Kier molecular flexibility index (Phi) is 5.67. The van der Waals surface area contributed by atoms with Crippen molar-refractivity contribution in [1.29, 1.82) is 0 Å². The van der Waals surface area contributed by atoms with Crippen molar-refractivity contribution in [2.24, 2.45) is 0 Å². The van der Waals surface area contributed by atoms with E-state index in [4.69, 9.17) is 10.2 Å². The van der Waals surface area contributed by atoms with Gasteiger partial charge in [0.1, 0.15) is 11.3 Å². The van der Waals surface area contributed by atoms with E-state index in [1.54, 1.807) is 0 Å². The average molecular weight is 559 g/mol. The third kappa shape index (κ3) is 4.03. The summed E-state index contributed by atoms with van der Waals surface area (Å²) in [7, 11) is 0. The molecule has 0 aliphatic heterocycles. The van der Waals surface area contributed by atoms with Crippen molar-refractivity contribution in [2.75, 3.05) is 10.6 Å². The first-order chi connectivity index (χ1) is 20.9. The molecule has 1 aromatic heterocycles. The third-order valence-corrected chi connectivity index (χ3v) is 9.39. The molecule has 0 spiro atoms. The molecular weight excluding hydrogens is 524 g/mol. The highest BCUT2D eigenvalue weighted by Crippen LogP contribution is 2.51. The fraction of sp³-hybridized carbons (Fsp3) is 0.150. The number of allylic oxidation sites excluding steroid dienone is 1. The molecule has 0 saturated heterocycles. The van der Waals surface area contributed by atoms with E-state index in [9.17, 15) is 0 Å². The van der Waals surface area contributed by atoms with Crippen LogP contribution in [0.4, 0.5) is 22.7 Å². The molecule has 5 aromatic carbocycles. The molecule has 2 aliphatic carbocycles. The summed E-state index contributed by atoms with van der Waals surface area (Å²) in [5, 5.41) is 1.19. The molecule has 8 rings (SSSR count). The van der Waals surface area contributed by atoms with Crippen LogP contribution in [0.2, 0.25) is 0 Å². The molecule has 3 heteroatoms. The van der Waals surface area contributed by atoms with Gasteiger partial charge in [-0.05, 0) is 100 Å². The first-order valence-corrected chi connectivity index (χ1v) is 15.1. The van der Waals surface area contributed by atoms with Gasteiger partial charge in [-0.15, -0.1) is 0 Å². The summed E-state index contributed by atoms with van der Waals surface area (Å²) in [6, 6.07) is 39.3. The van der Waals surface area contributed by atoms with Gasteiger partial charge in [0.15, 0.2) is 0 Å². The zero-order chi connectivity index (χ0) is 29.3. The van der Waals surface area contributed by atoms with E-state index in [1.165, 1.54) is 44.3 Å². The van der Waals surface area contributed by atoms with Crippen LogP contribution in [-0.2, 0) is 5.41 Å². The van der Waals surface area contributed by atoms with Crippen molar-refractivity contribution in [2.45, 2.75) is 38.5 Å². The van der Waals surface area contributed by atoms with Crippen LogP contribution in [0.25, 0.3) is 39.3 Å². The molecule has 0 fully saturated rings. The van der Waals surface area contributed by atoms with Gasteiger partial charge >= 0.3 is 0 Å². The maximum atomic E-state index is 6.25. The Morgan fingerprint density at radius 2 is 1.40 bits per heavy atom. The van der Waals surface area contributed by atoms with Crippen molar-refractivity contribution >= 4 is 39.8 Å². The Morgan fingerprint density at radius 3 is 2.19 bits per heavy atom. The number of nitrogens with zero attached hydrogens (tertiary/aromatic N) is 1. The second-order valence-corrected chi connectivity index (χ2v) is 12.5. The summed E-state index contributed by atoms with van der Waals surface area (Å²) in [5.74, 6) is 1.52. The summed E-state index contributed by atoms with van der Waals surface area (Å²) >= 11 is 0. The minimum absolute atomic E-state index is 0.139. The molecule has 210 valence electrons. The van der Waals surface area contributed by atoms with Crippen LogP contribution < -0.4 is 10.6 Å². The first-order valence-electron chi connectivity index (χ1n) is 15.1. The maximum absolute atomic E-state index is 6.25. The molecule has 3 nitrogen and oxygen atoms in total. The zero-order valence-electron chi connectivity index (χ0n) is 24.8. The van der Waals surface area contributed by atoms with E-state index in [0.29, 0.717) is 5.92 Å². The molecule has 2 aliphatic rings. The van der Waals surface area contributed by atoms with E-state index < -0.39 is 0 Å². The summed E-state index contributed by atoms with van der Waals surface area (Å²) in [4.78, 5) is 2.35. The fourth-order valence-corrected chi connectivity index (χ4v) is 7.06. The largest absolute Gasteiger partial charge is 0.460 e. The lowest BCUT2D eigenvalue weighted by Gasteiger charge is -2.28. The number of furan rings is 1. The Balaban J connectivity index is 1.20. The van der Waals surface area contributed by atoms with E-state index in [0.717, 1.165) is 40.5 Å². The smallest absolute Gasteiger partial charge is 0.134 e. The SMILES string of the molecule is CC1CC=Cc2c1oc1ccc(-c3ccc(N(c4ccccc4)c4ccc5c(c4)C(C)(C)c4cc(N)ccc4-5)cc3)cc21. The van der Waals surface area contributed by atoms with Gasteiger partial charge in [-0.3, -0.25) is 0 Å². The number of fused-ring (bicyclic) bond motifs is 6. The number of nitrogen functional groups attached to an aromatic ring is 1. The number of rotatable bonds is 4. The lowest BCUT2D eigenvalue weighted by atomic mass is 9.82. The molecule has 0 bridgehead atoms. The van der Waals surface area contributed by atoms with Crippen LogP contribution in [0.1, 0.15) is 55.6 Å². The van der Waals surface area contributed by atoms with Crippen molar-refractivity contribution in [3.63, 3.8) is 0 Å². The van der Waals surface area contributed by atoms with Crippen molar-refractivity contribution in [3.05, 3.63) is 138 Å². The van der Waals surface area contributed by atoms with Crippen molar-refractivity contribution < 1.29 is 4.42 Å². The normalized spacial score (nSPS) is 16.1. The van der Waals surface area contributed by atoms with Gasteiger partial charge in [-0.25, -0.2) is 0 Å². The Labute approximate surface area is 252 Å². The van der Waals surface area contributed by atoms with Gasteiger partial charge in [0.2, 0.25) is 0 Å². The highest BCUT2D eigenvalue weighted by Gasteiger charge is 2.36. The Hall–Kier alpha value is -5.02. The number of benzene rings is 5. The lowest BCUT2D eigenvalue weighted by molar-refractivity contribution is 0.504. The van der Waals surface area contributed by atoms with Crippen molar-refractivity contribution in [1.82, 2.24) is 0 Å². The van der Waals surface area contributed by atoms with Gasteiger partial charge < -0.3 is 15.1 Å². The summed E-state index contributed by atoms with van der Waals surface area (Å²) in [5.41, 5.74) is 20.0. The van der Waals surface area contributed by atoms with Crippen LogP contribution in [0.3, 0.4) is 0 Å². The molecule has 0 amide bonds. The second-order valence-electron chi connectivity index (χ2n) is 12.5. The number of hydrogen-bond donors (Lipinski definition) is 1. The van der Waals surface area contributed by atoms with E-state index in [-0.39, 0.29) is 5.41 Å². The lowest BCUT2D eigenvalue weighted by Crippen LogP contribution is -2.16. The molecular formula is C40H34N2O. The number of nitrogens with two attached hydrogens (primary N) is 1. The van der Waals surface area contributed by atoms with Gasteiger partial charge in [0.25, 0.3) is 0 Å². The zero-order valence-corrected chi connectivity index (χ0v) is 24.8. The monoisotopic (exact) mass is 558 g/mol. The predicted octanol–water partition coefficient (Wildman–Crippen LogP) is 11.0. The van der Waals surface area contributed by atoms with Crippen molar-refractivity contribution in [3.8, 4) is 22.3 Å². The number of para-hydroxylation sites is 1. The van der Waals surface area contributed by atoms with Gasteiger partial charge in [-0.2, -0.15) is 0 Å². The van der Waals surface area contributed by atoms with Crippen LogP contribution in [0.5, 0.6) is 0 Å². The van der Waals surface area contributed by atoms with Crippen LogP contribution in [-0.4, -0.2) is 0 Å². The minimum Gasteiger partial charge on any atom is -0.460 e. The highest BCUT2D eigenvalue weighted by molar-refractivity contribution is 5.93. The molecule has 43 heavy (non-hydrogen) atoms. The minimum atomic E-state index is -0.139. The molecule has 1 unspecified atom stereocenters. The first kappa shape index (κ1) is 25.7. The fourth-order valence-electron chi connectivity index (χ4n) is 7.06. The van der Waals surface area contributed by atoms with E-state index in [2.05, 4.69) is 141 Å². The molecule has 1 atom stereocenters. The van der Waals surface area contributed by atoms with Gasteiger partial charge in [0, 0.05) is 45.0 Å². The molecule has 2 N–H and O–H groups in total. The van der Waals surface area contributed by atoms with Crippen LogP contribution in [0.15, 0.2) is 120 Å². The molecule has 0 saturated carbocycles. The Bertz CT molecular complexity index is 2050. The number of anilines is 4. The maximum Gasteiger partial charge on any atom is 0.134 e. The van der Waals surface area contributed by atoms with Crippen LogP contribution in [0, 0.1) is 0 Å². The topological polar surface area (TPSA) is 42.4 Å². The van der Waals surface area contributed by atoms with Crippen LogP contribution >= 0.6 is 0 Å². The van der Waals surface area contributed by atoms with Gasteiger partial charge in [-0.1, -0.05) is 81.5 Å². The quantitative estimate of drug-likeness (QED) is 0.219. The summed E-state index contributed by atoms with van der Waals surface area (Å²) in [6.07, 6.45) is 5.51. The third-order valence-electron chi connectivity index (χ3n) is 9.39. The highest BCUT2D eigenvalue weighted by atomic mass is 16.3. The predicted molar refractivity (Wildman–Crippen MR) is 180 cm³/mol. The molecule has 1 heterocycles. The standard InChI is InChI=1S/C40H34N2O/c1-25-8-7-11-34-35-22-27(14-21-38(35)43-39(25)34)26-12-16-30(17-13-26)42(29-9-5-4-6-10-29)31-18-20-33-32-19-15-28(41)23-36(32)40(2,3)37(33)24-31/h4-7,9-25H,8,41H2,1-3H3. The second kappa shape index (κ2) is 9.50. The van der Waals surface area contributed by atoms with Gasteiger partial charge in [0.05, 0.1) is 0 Å². The average Bonchev–Trinajstić information content (AvgIpc) is 3.51. The summed E-state index contributed by atoms with van der Waals surface area (Å²) in [6.45, 7) is 6.83. The summed E-state index contributed by atoms with van der Waals surface area (Å²) < 4.78 is 6.25. The Morgan fingerprint density at radius 1 is 0.721 bits per heavy atom. The van der Waals surface area contributed by atoms with E-state index >= 15 is 0 Å². The molecule has 6 aromatic rings.